The molecule has 1 fully saturated rings. The van der Waals surface area contributed by atoms with Gasteiger partial charge in [-0.05, 0) is 55.7 Å². The number of alkyl halides is 3. The van der Waals surface area contributed by atoms with E-state index in [1.165, 1.54) is 35.2 Å². The Bertz CT molecular complexity index is 1460. The van der Waals surface area contributed by atoms with Gasteiger partial charge in [-0.15, -0.1) is 0 Å². The van der Waals surface area contributed by atoms with Crippen molar-refractivity contribution < 1.29 is 31.2 Å². The minimum Gasteiger partial charge on any atom is -0.352 e. The molecular weight excluding hydrogens is 567 g/mol. The molecule has 0 unspecified atom stereocenters. The van der Waals surface area contributed by atoms with E-state index in [0.29, 0.717) is 15.9 Å². The van der Waals surface area contributed by atoms with Gasteiger partial charge in [0.15, 0.2) is 0 Å². The number of carbonyl (C=O) groups is 2. The number of sulfonamides is 1. The van der Waals surface area contributed by atoms with Gasteiger partial charge in [0, 0.05) is 12.6 Å². The standard InChI is InChI=1S/C31H34F3N3O4S/c1-23(30(39)35-26-15-7-3-8-16-26)36(21-24-12-5-2-6-13-24)29(38)22-37(42(40,41)28-18-9-4-10-19-28)27-17-11-14-25(20-27)31(32,33)34/h2,4-6,9-14,17-20,23,26H,3,7-8,15-16,21-22H2,1H3,(H,35,39)/t23-/m1/s1. The first-order valence-electron chi connectivity index (χ1n) is 13.9. The monoisotopic (exact) mass is 601 g/mol. The number of anilines is 1. The van der Waals surface area contributed by atoms with Crippen LogP contribution in [0.3, 0.4) is 0 Å². The fourth-order valence-electron chi connectivity index (χ4n) is 5.02. The van der Waals surface area contributed by atoms with Gasteiger partial charge in [-0.2, -0.15) is 13.2 Å². The first-order chi connectivity index (χ1) is 20.0. The fourth-order valence-corrected chi connectivity index (χ4v) is 6.44. The molecule has 0 aliphatic heterocycles. The van der Waals surface area contributed by atoms with Gasteiger partial charge in [0.25, 0.3) is 10.0 Å². The molecule has 3 aromatic carbocycles. The molecule has 1 aliphatic rings. The third kappa shape index (κ3) is 7.70. The normalized spacial score (nSPS) is 15.0. The lowest BCUT2D eigenvalue weighted by atomic mass is 9.95. The Morgan fingerprint density at radius 1 is 0.905 bits per heavy atom. The molecule has 42 heavy (non-hydrogen) atoms. The van der Waals surface area contributed by atoms with Crippen molar-refractivity contribution in [3.05, 3.63) is 96.1 Å². The Morgan fingerprint density at radius 2 is 1.52 bits per heavy atom. The Hall–Kier alpha value is -3.86. The zero-order chi connectivity index (χ0) is 30.3. The van der Waals surface area contributed by atoms with Crippen molar-refractivity contribution in [3.63, 3.8) is 0 Å². The molecule has 1 aliphatic carbocycles. The summed E-state index contributed by atoms with van der Waals surface area (Å²) in [7, 11) is -4.47. The second kappa shape index (κ2) is 13.4. The lowest BCUT2D eigenvalue weighted by molar-refractivity contribution is -0.139. The van der Waals surface area contributed by atoms with Crippen LogP contribution < -0.4 is 9.62 Å². The maximum atomic E-state index is 13.9. The second-order valence-corrected chi connectivity index (χ2v) is 12.3. The predicted octanol–water partition coefficient (Wildman–Crippen LogP) is 5.77. The van der Waals surface area contributed by atoms with Crippen molar-refractivity contribution in [2.24, 2.45) is 0 Å². The van der Waals surface area contributed by atoms with Gasteiger partial charge in [-0.3, -0.25) is 13.9 Å². The van der Waals surface area contributed by atoms with Crippen LogP contribution in [-0.4, -0.2) is 43.8 Å². The molecule has 0 spiro atoms. The van der Waals surface area contributed by atoms with Crippen LogP contribution in [0, 0.1) is 0 Å². The van der Waals surface area contributed by atoms with E-state index >= 15 is 0 Å². The molecule has 1 N–H and O–H groups in total. The average Bonchev–Trinajstić information content (AvgIpc) is 2.99. The molecule has 4 rings (SSSR count). The van der Waals surface area contributed by atoms with Gasteiger partial charge in [-0.25, -0.2) is 8.42 Å². The van der Waals surface area contributed by atoms with Gasteiger partial charge >= 0.3 is 6.18 Å². The van der Waals surface area contributed by atoms with Crippen LogP contribution in [0.15, 0.2) is 89.8 Å². The van der Waals surface area contributed by atoms with Crippen LogP contribution >= 0.6 is 0 Å². The fraction of sp³-hybridized carbons (Fsp3) is 0.355. The summed E-state index contributed by atoms with van der Waals surface area (Å²) in [4.78, 5) is 28.3. The van der Waals surface area contributed by atoms with Crippen LogP contribution in [0.25, 0.3) is 0 Å². The topological polar surface area (TPSA) is 86.8 Å². The van der Waals surface area contributed by atoms with E-state index in [1.807, 2.05) is 0 Å². The predicted molar refractivity (Wildman–Crippen MR) is 154 cm³/mol. The zero-order valence-corrected chi connectivity index (χ0v) is 24.1. The third-order valence-electron chi connectivity index (χ3n) is 7.39. The van der Waals surface area contributed by atoms with Crippen molar-refractivity contribution in [2.45, 2.75) is 68.7 Å². The highest BCUT2D eigenvalue weighted by molar-refractivity contribution is 7.92. The SMILES string of the molecule is C[C@H](C(=O)NC1CCCCC1)N(Cc1ccccc1)C(=O)CN(c1cccc(C(F)(F)F)c1)S(=O)(=O)c1ccccc1. The van der Waals surface area contributed by atoms with Gasteiger partial charge in [0.1, 0.15) is 12.6 Å². The molecule has 0 bridgehead atoms. The minimum atomic E-state index is -4.73. The maximum absolute atomic E-state index is 13.9. The molecule has 0 aromatic heterocycles. The summed E-state index contributed by atoms with van der Waals surface area (Å²) >= 11 is 0. The first-order valence-corrected chi connectivity index (χ1v) is 15.3. The van der Waals surface area contributed by atoms with Crippen molar-refractivity contribution in [1.82, 2.24) is 10.2 Å². The average molecular weight is 602 g/mol. The summed E-state index contributed by atoms with van der Waals surface area (Å²) in [5.41, 5.74) is -0.664. The molecule has 0 saturated heterocycles. The molecule has 3 aromatic rings. The molecule has 11 heteroatoms. The van der Waals surface area contributed by atoms with Crippen LogP contribution in [-0.2, 0) is 32.3 Å². The van der Waals surface area contributed by atoms with E-state index in [0.717, 1.165) is 44.2 Å². The van der Waals surface area contributed by atoms with Gasteiger partial charge < -0.3 is 10.2 Å². The molecule has 7 nitrogen and oxygen atoms in total. The Labute approximate surface area is 244 Å². The number of nitrogens with zero attached hydrogens (tertiary/aromatic N) is 2. The van der Waals surface area contributed by atoms with Gasteiger partial charge in [0.2, 0.25) is 11.8 Å². The molecule has 1 saturated carbocycles. The smallest absolute Gasteiger partial charge is 0.352 e. The Kier molecular flexibility index (Phi) is 9.93. The lowest BCUT2D eigenvalue weighted by Gasteiger charge is -2.33. The molecule has 224 valence electrons. The molecule has 2 amide bonds. The van der Waals surface area contributed by atoms with Crippen molar-refractivity contribution >= 4 is 27.5 Å². The summed E-state index contributed by atoms with van der Waals surface area (Å²) < 4.78 is 69.0. The van der Waals surface area contributed by atoms with E-state index in [9.17, 15) is 31.2 Å². The van der Waals surface area contributed by atoms with Gasteiger partial charge in [0.05, 0.1) is 16.1 Å². The summed E-state index contributed by atoms with van der Waals surface area (Å²) in [5, 5.41) is 3.02. The molecular formula is C31H34F3N3O4S. The highest BCUT2D eigenvalue weighted by Crippen LogP contribution is 2.33. The summed E-state index contributed by atoms with van der Waals surface area (Å²) in [6.07, 6.45) is 0.0348. The number of hydrogen-bond donors (Lipinski definition) is 1. The number of carbonyl (C=O) groups excluding carboxylic acids is 2. The van der Waals surface area contributed by atoms with Crippen molar-refractivity contribution in [3.8, 4) is 0 Å². The highest BCUT2D eigenvalue weighted by atomic mass is 32.2. The largest absolute Gasteiger partial charge is 0.416 e. The first kappa shape index (κ1) is 31.1. The number of benzene rings is 3. The maximum Gasteiger partial charge on any atom is 0.416 e. The van der Waals surface area contributed by atoms with Crippen LogP contribution in [0.5, 0.6) is 0 Å². The third-order valence-corrected chi connectivity index (χ3v) is 9.17. The van der Waals surface area contributed by atoms with Crippen molar-refractivity contribution in [1.29, 1.82) is 0 Å². The van der Waals surface area contributed by atoms with E-state index in [1.54, 1.807) is 43.3 Å². The second-order valence-electron chi connectivity index (χ2n) is 10.4. The van der Waals surface area contributed by atoms with Crippen LogP contribution in [0.4, 0.5) is 18.9 Å². The molecule has 0 radical (unpaired) electrons. The van der Waals surface area contributed by atoms with E-state index in [4.69, 9.17) is 0 Å². The number of rotatable bonds is 10. The Morgan fingerprint density at radius 3 is 2.14 bits per heavy atom. The zero-order valence-electron chi connectivity index (χ0n) is 23.3. The summed E-state index contributed by atoms with van der Waals surface area (Å²) in [5.74, 6) is -1.11. The minimum absolute atomic E-state index is 0.000736. The summed E-state index contributed by atoms with van der Waals surface area (Å²) in [6.45, 7) is 0.756. The molecule has 1 atom stereocenters. The van der Waals surface area contributed by atoms with Crippen molar-refractivity contribution in [2.75, 3.05) is 10.8 Å². The van der Waals surface area contributed by atoms with E-state index in [-0.39, 0.29) is 29.1 Å². The summed E-state index contributed by atoms with van der Waals surface area (Å²) in [6, 6.07) is 19.0. The number of hydrogen-bond acceptors (Lipinski definition) is 4. The number of nitrogens with one attached hydrogen (secondary N) is 1. The van der Waals surface area contributed by atoms with Crippen LogP contribution in [0.1, 0.15) is 50.2 Å². The molecule has 0 heterocycles. The van der Waals surface area contributed by atoms with E-state index in [2.05, 4.69) is 5.32 Å². The quantitative estimate of drug-likeness (QED) is 0.320. The van der Waals surface area contributed by atoms with E-state index < -0.39 is 40.3 Å². The van der Waals surface area contributed by atoms with Crippen LogP contribution in [0.2, 0.25) is 0 Å². The number of amides is 2. The number of halogens is 3. The lowest BCUT2D eigenvalue weighted by Crippen LogP contribution is -2.53. The highest BCUT2D eigenvalue weighted by Gasteiger charge is 2.35. The Balaban J connectivity index is 1.70. The van der Waals surface area contributed by atoms with Gasteiger partial charge in [-0.1, -0.05) is 73.9 Å².